The number of hydrogen-bond donors (Lipinski definition) is 2. The fraction of sp³-hybridized carbons (Fsp3) is 0.625. The van der Waals surface area contributed by atoms with Crippen molar-refractivity contribution in [3.63, 3.8) is 0 Å². The minimum Gasteiger partial charge on any atom is -0.387 e. The molecule has 6 heteroatoms. The minimum absolute atomic E-state index is 0.128. The molecule has 0 saturated heterocycles. The molecule has 1 rings (SSSR count). The molecule has 0 aliphatic heterocycles. The summed E-state index contributed by atoms with van der Waals surface area (Å²) in [6.45, 7) is 0.844. The molecular weight excluding hydrogens is 204 g/mol. The summed E-state index contributed by atoms with van der Waals surface area (Å²) >= 11 is 0. The van der Waals surface area contributed by atoms with Crippen molar-refractivity contribution in [2.45, 2.75) is 12.8 Å². The van der Waals surface area contributed by atoms with Gasteiger partial charge in [-0.1, -0.05) is 0 Å². The summed E-state index contributed by atoms with van der Waals surface area (Å²) in [5.41, 5.74) is 0.894. The van der Waals surface area contributed by atoms with E-state index in [1.54, 1.807) is 6.08 Å². The van der Waals surface area contributed by atoms with Gasteiger partial charge in [0.25, 0.3) is 0 Å². The van der Waals surface area contributed by atoms with Gasteiger partial charge in [0.2, 0.25) is 10.0 Å². The fourth-order valence-electron chi connectivity index (χ4n) is 1.20. The van der Waals surface area contributed by atoms with E-state index in [1.807, 2.05) is 0 Å². The molecule has 0 unspecified atom stereocenters. The van der Waals surface area contributed by atoms with Crippen LogP contribution < -0.4 is 10.0 Å². The Hall–Kier alpha value is -0.880. The molecule has 0 bridgehead atoms. The molecule has 0 amide bonds. The lowest BCUT2D eigenvalue weighted by molar-refractivity contribution is -0.114. The quantitative estimate of drug-likeness (QED) is 0.603. The zero-order valence-electron chi connectivity index (χ0n) is 8.04. The second-order valence-corrected chi connectivity index (χ2v) is 5.06. The number of ketones is 1. The molecule has 0 saturated carbocycles. The van der Waals surface area contributed by atoms with Crippen molar-refractivity contribution in [3.05, 3.63) is 11.8 Å². The zero-order chi connectivity index (χ0) is 10.6. The SMILES string of the molecule is CS(=O)(=O)NCCNC1=CC(=O)CC1. The van der Waals surface area contributed by atoms with E-state index in [1.165, 1.54) is 0 Å². The molecule has 0 heterocycles. The van der Waals surface area contributed by atoms with Crippen molar-refractivity contribution >= 4 is 15.8 Å². The summed E-state index contributed by atoms with van der Waals surface area (Å²) in [6, 6.07) is 0. The number of nitrogens with one attached hydrogen (secondary N) is 2. The molecule has 0 radical (unpaired) electrons. The van der Waals surface area contributed by atoms with Gasteiger partial charge in [-0.25, -0.2) is 13.1 Å². The molecule has 5 nitrogen and oxygen atoms in total. The Morgan fingerprint density at radius 2 is 2.07 bits per heavy atom. The van der Waals surface area contributed by atoms with Crippen molar-refractivity contribution < 1.29 is 13.2 Å². The maximum atomic E-state index is 10.8. The third kappa shape index (κ3) is 4.38. The van der Waals surface area contributed by atoms with E-state index in [4.69, 9.17) is 0 Å². The lowest BCUT2D eigenvalue weighted by Crippen LogP contribution is -2.30. The molecule has 0 fully saturated rings. The van der Waals surface area contributed by atoms with Crippen LogP contribution in [0.3, 0.4) is 0 Å². The summed E-state index contributed by atoms with van der Waals surface area (Å²) in [7, 11) is -3.11. The first-order valence-corrected chi connectivity index (χ1v) is 6.28. The predicted octanol–water partition coefficient (Wildman–Crippen LogP) is -0.628. The van der Waals surface area contributed by atoms with Crippen molar-refractivity contribution in [2.24, 2.45) is 0 Å². The highest BCUT2D eigenvalue weighted by Gasteiger charge is 2.10. The summed E-state index contributed by atoms with van der Waals surface area (Å²) in [5, 5.41) is 3.00. The molecule has 0 atom stereocenters. The average Bonchev–Trinajstić information content (AvgIpc) is 2.44. The Labute approximate surface area is 83.6 Å². The molecular formula is C8H14N2O3S. The Morgan fingerprint density at radius 3 is 2.57 bits per heavy atom. The van der Waals surface area contributed by atoms with Crippen LogP contribution in [0.1, 0.15) is 12.8 Å². The summed E-state index contributed by atoms with van der Waals surface area (Å²) in [4.78, 5) is 10.8. The Kier molecular flexibility index (Phi) is 3.65. The van der Waals surface area contributed by atoms with E-state index in [9.17, 15) is 13.2 Å². The predicted molar refractivity (Wildman–Crippen MR) is 53.2 cm³/mol. The van der Waals surface area contributed by atoms with Gasteiger partial charge in [-0.3, -0.25) is 4.79 Å². The van der Waals surface area contributed by atoms with E-state index in [0.717, 1.165) is 18.4 Å². The van der Waals surface area contributed by atoms with Crippen LogP contribution >= 0.6 is 0 Å². The van der Waals surface area contributed by atoms with Crippen LogP contribution in [0, 0.1) is 0 Å². The second kappa shape index (κ2) is 4.56. The fourth-order valence-corrected chi connectivity index (χ4v) is 1.67. The number of rotatable bonds is 5. The molecule has 80 valence electrons. The highest BCUT2D eigenvalue weighted by Crippen LogP contribution is 2.10. The van der Waals surface area contributed by atoms with Crippen LogP contribution in [0.5, 0.6) is 0 Å². The number of hydrogen-bond acceptors (Lipinski definition) is 4. The van der Waals surface area contributed by atoms with E-state index < -0.39 is 10.0 Å². The topological polar surface area (TPSA) is 75.3 Å². The zero-order valence-corrected chi connectivity index (χ0v) is 8.86. The third-order valence-corrected chi connectivity index (χ3v) is 2.55. The van der Waals surface area contributed by atoms with Crippen LogP contribution in [0.2, 0.25) is 0 Å². The summed E-state index contributed by atoms with van der Waals surface area (Å²) < 4.78 is 23.7. The van der Waals surface area contributed by atoms with Gasteiger partial charge in [0.05, 0.1) is 6.26 Å². The van der Waals surface area contributed by atoms with Gasteiger partial charge in [-0.15, -0.1) is 0 Å². The molecule has 14 heavy (non-hydrogen) atoms. The van der Waals surface area contributed by atoms with Gasteiger partial charge in [-0.05, 0) is 6.42 Å². The molecule has 0 aromatic carbocycles. The van der Waals surface area contributed by atoms with Crippen molar-refractivity contribution in [1.29, 1.82) is 0 Å². The molecule has 0 spiro atoms. The van der Waals surface area contributed by atoms with Crippen molar-refractivity contribution in [1.82, 2.24) is 10.0 Å². The summed E-state index contributed by atoms with van der Waals surface area (Å²) in [6.07, 6.45) is 3.98. The average molecular weight is 218 g/mol. The van der Waals surface area contributed by atoms with Crippen LogP contribution in [-0.2, 0) is 14.8 Å². The first kappa shape index (κ1) is 11.2. The number of carbonyl (C=O) groups excluding carboxylic acids is 1. The standard InChI is InChI=1S/C8H14N2O3S/c1-14(12,13)10-5-4-9-7-2-3-8(11)6-7/h6,9-10H,2-5H2,1H3. The van der Waals surface area contributed by atoms with Gasteiger partial charge >= 0.3 is 0 Å². The molecule has 1 aliphatic carbocycles. The molecule has 0 aromatic rings. The highest BCUT2D eigenvalue weighted by molar-refractivity contribution is 7.88. The smallest absolute Gasteiger partial charge is 0.208 e. The molecule has 0 aromatic heterocycles. The van der Waals surface area contributed by atoms with Crippen LogP contribution in [0.25, 0.3) is 0 Å². The van der Waals surface area contributed by atoms with E-state index in [0.29, 0.717) is 19.5 Å². The lowest BCUT2D eigenvalue weighted by atomic mass is 10.3. The Morgan fingerprint density at radius 1 is 1.36 bits per heavy atom. The second-order valence-electron chi connectivity index (χ2n) is 3.23. The molecule has 2 N–H and O–H groups in total. The minimum atomic E-state index is -3.11. The van der Waals surface area contributed by atoms with Crippen molar-refractivity contribution in [3.8, 4) is 0 Å². The number of sulfonamides is 1. The Bertz CT molecular complexity index is 346. The van der Waals surface area contributed by atoms with Gasteiger partial charge < -0.3 is 5.32 Å². The van der Waals surface area contributed by atoms with Gasteiger partial charge in [-0.2, -0.15) is 0 Å². The first-order valence-electron chi connectivity index (χ1n) is 4.39. The van der Waals surface area contributed by atoms with Crippen LogP contribution in [0.4, 0.5) is 0 Å². The first-order chi connectivity index (χ1) is 6.47. The number of carbonyl (C=O) groups is 1. The van der Waals surface area contributed by atoms with Gasteiger partial charge in [0.1, 0.15) is 0 Å². The van der Waals surface area contributed by atoms with Crippen LogP contribution in [0.15, 0.2) is 11.8 Å². The normalized spacial score (nSPS) is 16.9. The Balaban J connectivity index is 2.17. The summed E-state index contributed by atoms with van der Waals surface area (Å²) in [5.74, 6) is 0.128. The van der Waals surface area contributed by atoms with E-state index in [-0.39, 0.29) is 5.78 Å². The molecule has 1 aliphatic rings. The van der Waals surface area contributed by atoms with Crippen molar-refractivity contribution in [2.75, 3.05) is 19.3 Å². The maximum absolute atomic E-state index is 10.8. The number of allylic oxidation sites excluding steroid dienone is 2. The largest absolute Gasteiger partial charge is 0.387 e. The monoisotopic (exact) mass is 218 g/mol. The van der Waals surface area contributed by atoms with E-state index >= 15 is 0 Å². The third-order valence-electron chi connectivity index (χ3n) is 1.82. The lowest BCUT2D eigenvalue weighted by Gasteiger charge is -2.06. The van der Waals surface area contributed by atoms with Gasteiger partial charge in [0.15, 0.2) is 5.78 Å². The van der Waals surface area contributed by atoms with Crippen LogP contribution in [-0.4, -0.2) is 33.5 Å². The van der Waals surface area contributed by atoms with Gasteiger partial charge in [0, 0.05) is 31.3 Å². The highest BCUT2D eigenvalue weighted by atomic mass is 32.2. The maximum Gasteiger partial charge on any atom is 0.208 e. The van der Waals surface area contributed by atoms with E-state index in [2.05, 4.69) is 10.0 Å².